The fourth-order valence-corrected chi connectivity index (χ4v) is 21.5. The molecule has 104 heavy (non-hydrogen) atoms. The molecule has 2 amide bonds. The SMILES string of the molecule is CC(C)N(CCCn1c(Sc2cc3c(c[c]2[Sn]([CH3])([CH3])[CH3])OCO3)nc2c(N)ncnc21)C(=O)OC(C)(C)C.CC(C)N(CCCn1c(Sc2cc3c(cc2[124I])OCO3)nc2c(N)ncnc21)C(=O)OC(C)(C)C.CC(C)NCCCn1c(Sc2cc3c(cc2[124I])OCO3)nc2c(N)ncnc21.C[124I].[3H]C. The Bertz CT molecular complexity index is 4480. The standard InChI is InChI=1S/C23H29IN6O4S.C23H29N6O4S.C18H21IN6O2S.CH3I.CH4.3CH3.Sn/c1-13(2)29(22(31)34-23(3,4)5)7-6-8-30-20-18(19(25)26-11-27-20)28-21(30)35-17-10-16-15(9-14(17)24)32-12-33-16;1-14(2)28(22(30)33-23(3,4)5)9-6-10-29-20-18(19(24)25-12-26-20)27-21(29)34-15-7-8-16-17(11-15)32-13-31-16;1-10(2)21-4-3-5-25-17-15(16(20)22-8-23-17)24-18(25)28-14-7-13-12(6-11(14)19)26-9-27-13;1-2;;;;;/h9-11,13H,6-8,12H2,1-5H3,(H2,25,26,27);8,11-12,14H,6,9-10,13H2,1-5H3,(H2,24,25,26);6-8,10,21H,3-5,9H2,1-2H3,(H2,20,22,23);1H3;1H4;3*1H3;/i24-3;;19-3;2-3;1T;;;;. The van der Waals surface area contributed by atoms with Crippen LogP contribution in [0.4, 0.5) is 27.0 Å². The van der Waals surface area contributed by atoms with E-state index in [-0.39, 0.29) is 44.6 Å². The molecule has 35 heteroatoms. The van der Waals surface area contributed by atoms with Crippen molar-refractivity contribution in [3.8, 4) is 34.5 Å². The number of alkyl halides is 1. The molecule has 0 bridgehead atoms. The number of aryl methyl sites for hydroxylation is 3. The van der Waals surface area contributed by atoms with E-state index in [1.165, 1.54) is 41.7 Å². The predicted molar refractivity (Wildman–Crippen MR) is 438 cm³/mol. The molecule has 3 aromatic carbocycles. The number of rotatable bonds is 22. The number of nitrogens with two attached hydrogens (primary N) is 3. The zero-order valence-corrected chi connectivity index (χ0v) is 73.6. The van der Waals surface area contributed by atoms with Crippen LogP contribution in [0.5, 0.6) is 34.5 Å². The first-order valence-electron chi connectivity index (χ1n) is 34.5. The molecule has 3 aliphatic rings. The number of amides is 2. The zero-order valence-electron chi connectivity index (χ0n) is 62.8. The summed E-state index contributed by atoms with van der Waals surface area (Å²) in [6.45, 7) is 28.1. The number of imidazole rings is 3. The van der Waals surface area contributed by atoms with Gasteiger partial charge in [-0.2, -0.15) is 0 Å². The number of aromatic nitrogens is 12. The third-order valence-corrected chi connectivity index (χ3v) is 27.5. The summed E-state index contributed by atoms with van der Waals surface area (Å²) in [6.07, 6.45) is 6.08. The van der Waals surface area contributed by atoms with E-state index in [9.17, 15) is 9.59 Å². The number of hydrogen-bond donors (Lipinski definition) is 4. The second-order valence-electron chi connectivity index (χ2n) is 27.7. The molecule has 0 radical (unpaired) electrons. The van der Waals surface area contributed by atoms with E-state index in [2.05, 4.69) is 153 Å². The summed E-state index contributed by atoms with van der Waals surface area (Å²) < 4.78 is 60.0. The van der Waals surface area contributed by atoms with Crippen molar-refractivity contribution in [2.24, 2.45) is 0 Å². The Labute approximate surface area is 667 Å². The van der Waals surface area contributed by atoms with Crippen LogP contribution in [0.2, 0.25) is 14.8 Å². The Hall–Kier alpha value is -5.95. The molecule has 7 N–H and O–H groups in total. The van der Waals surface area contributed by atoms with Crippen LogP contribution in [-0.4, -0.2) is 173 Å². The fourth-order valence-electron chi connectivity index (χ4n) is 10.7. The number of halogens is 3. The average Bonchev–Trinajstić information content (AvgIpc) is 1.66. The molecule has 0 saturated heterocycles. The summed E-state index contributed by atoms with van der Waals surface area (Å²) in [5, 5.41) is 5.79. The first kappa shape index (κ1) is 82.1. The number of carbonyl (C=O) groups excluding carboxylic acids is 2. The van der Waals surface area contributed by atoms with E-state index >= 15 is 0 Å². The molecule has 9 aromatic rings. The van der Waals surface area contributed by atoms with Gasteiger partial charge in [-0.15, -0.1) is 0 Å². The number of nitrogens with one attached hydrogen (secondary N) is 1. The summed E-state index contributed by atoms with van der Waals surface area (Å²) in [6, 6.07) is 12.6. The van der Waals surface area contributed by atoms with Crippen molar-refractivity contribution in [1.29, 1.82) is 0 Å². The molecular weight excluding hydrogens is 1830 g/mol. The molecule has 12 rings (SSSR count). The van der Waals surface area contributed by atoms with E-state index in [4.69, 9.17) is 71.4 Å². The van der Waals surface area contributed by atoms with E-state index < -0.39 is 29.6 Å². The monoisotopic (exact) mass is 1930 g/mol. The van der Waals surface area contributed by atoms with Gasteiger partial charge in [-0.25, -0.2) is 34.7 Å². The number of nitrogens with zero attached hydrogens (tertiary/aromatic N) is 14. The van der Waals surface area contributed by atoms with Crippen LogP contribution < -0.4 is 54.5 Å². The molecule has 3 aliphatic heterocycles. The third kappa shape index (κ3) is 21.5. The van der Waals surface area contributed by atoms with Crippen molar-refractivity contribution < 1.29 is 48.9 Å². The second-order valence-corrected chi connectivity index (χ2v) is 47.4. The van der Waals surface area contributed by atoms with Gasteiger partial charge in [-0.1, -0.05) is 67.4 Å². The van der Waals surface area contributed by atoms with Crippen molar-refractivity contribution >= 4 is 188 Å². The van der Waals surface area contributed by atoms with Gasteiger partial charge in [0, 0.05) is 50.0 Å². The molecule has 28 nitrogen and oxygen atoms in total. The molecule has 9 heterocycles. The fraction of sp³-hybridized carbons (Fsp3) is 0.493. The average molecular weight is 1930 g/mol. The number of nitrogen functional groups attached to an aromatic ring is 3. The number of fused-ring (bicyclic) bond motifs is 6. The first-order chi connectivity index (χ1) is 49.8. The van der Waals surface area contributed by atoms with E-state index in [0.29, 0.717) is 96.1 Å². The van der Waals surface area contributed by atoms with Crippen molar-refractivity contribution in [2.75, 3.05) is 62.1 Å². The van der Waals surface area contributed by atoms with Crippen molar-refractivity contribution in [1.82, 2.24) is 73.7 Å². The van der Waals surface area contributed by atoms with Crippen LogP contribution in [0.15, 0.2) is 85.5 Å². The minimum Gasteiger partial charge on any atom is -0.454 e. The van der Waals surface area contributed by atoms with Gasteiger partial charge in [0.25, 0.3) is 0 Å². The molecular formula is C69H95I3N18O10S3Sn. The Morgan fingerprint density at radius 3 is 1.19 bits per heavy atom. The molecule has 0 aliphatic carbocycles. The molecule has 6 aromatic heterocycles. The number of anilines is 3. The molecule has 0 spiro atoms. The maximum absolute atomic E-state index is 12.8. The van der Waals surface area contributed by atoms with Crippen LogP contribution in [0.25, 0.3) is 33.5 Å². The van der Waals surface area contributed by atoms with Gasteiger partial charge in [0.1, 0.15) is 18.3 Å². The summed E-state index contributed by atoms with van der Waals surface area (Å²) >= 11 is 8.84. The van der Waals surface area contributed by atoms with Crippen LogP contribution in [0, 0.1) is 7.14 Å². The summed E-state index contributed by atoms with van der Waals surface area (Å²) in [5.74, 6) is 5.59. The number of hydrogen-bond acceptors (Lipinski definition) is 26. The minimum atomic E-state index is -2.55. The Morgan fingerprint density at radius 2 is 0.865 bits per heavy atom. The van der Waals surface area contributed by atoms with Gasteiger partial charge in [-0.05, 0) is 149 Å². The Kier molecular flexibility index (Phi) is 29.0. The van der Waals surface area contributed by atoms with Gasteiger partial charge < -0.3 is 54.5 Å². The number of benzene rings is 3. The van der Waals surface area contributed by atoms with Crippen LogP contribution in [0.1, 0.15) is 111 Å². The minimum absolute atomic E-state index is 0.00593. The molecule has 0 saturated carbocycles. The Morgan fingerprint density at radius 1 is 0.548 bits per heavy atom. The summed E-state index contributed by atoms with van der Waals surface area (Å²) in [7, 11) is 1.25. The Balaban J connectivity index is 0.000000196. The smallest absolute Gasteiger partial charge is 0.454 e. The molecule has 0 atom stereocenters. The van der Waals surface area contributed by atoms with Crippen molar-refractivity contribution in [3.63, 3.8) is 0 Å². The van der Waals surface area contributed by atoms with Gasteiger partial charge in [0.15, 0.2) is 67.3 Å². The van der Waals surface area contributed by atoms with E-state index in [1.54, 1.807) is 33.3 Å². The summed E-state index contributed by atoms with van der Waals surface area (Å²) in [4.78, 5) is 81.3. The normalized spacial score (nSPS) is 12.9. The van der Waals surface area contributed by atoms with Gasteiger partial charge in [-0.3, -0.25) is 0 Å². The van der Waals surface area contributed by atoms with Crippen molar-refractivity contribution in [3.05, 3.63) is 62.5 Å². The third-order valence-electron chi connectivity index (χ3n) is 15.5. The van der Waals surface area contributed by atoms with Gasteiger partial charge >= 0.3 is 219 Å². The quantitative estimate of drug-likeness (QED) is 0.0212. The van der Waals surface area contributed by atoms with Crippen molar-refractivity contribution in [2.45, 2.75) is 204 Å². The maximum atomic E-state index is 12.8. The van der Waals surface area contributed by atoms with Crippen LogP contribution in [-0.2, 0) is 29.1 Å². The molecule has 0 fully saturated rings. The van der Waals surface area contributed by atoms with Gasteiger partial charge in [0.2, 0.25) is 13.6 Å². The number of ether oxygens (including phenoxy) is 8. The van der Waals surface area contributed by atoms with Crippen LogP contribution >= 0.6 is 103 Å². The predicted octanol–water partition coefficient (Wildman–Crippen LogP) is 14.8. The zero-order chi connectivity index (χ0) is 76.8. The van der Waals surface area contributed by atoms with E-state index in [0.717, 1.165) is 91.2 Å². The first-order valence-corrected chi connectivity index (χ1v) is 50.2. The molecule has 564 valence electrons. The van der Waals surface area contributed by atoms with Gasteiger partial charge in [0.05, 0.1) is 0 Å². The van der Waals surface area contributed by atoms with E-state index in [1.807, 2.05) is 103 Å². The topological polar surface area (TPSA) is 335 Å². The second kappa shape index (κ2) is 36.8. The van der Waals surface area contributed by atoms with Crippen LogP contribution in [0.3, 0.4) is 0 Å². The molecule has 0 unspecified atom stereocenters. The summed E-state index contributed by atoms with van der Waals surface area (Å²) in [5.41, 5.74) is 21.1. The number of carbonyl (C=O) groups is 2.